The summed E-state index contributed by atoms with van der Waals surface area (Å²) < 4.78 is 0. The molecular weight excluding hydrogens is 352 g/mol. The Balaban J connectivity index is 1.96. The second kappa shape index (κ2) is 9.10. The van der Waals surface area contributed by atoms with Crippen LogP contribution in [0.2, 0.25) is 0 Å². The lowest BCUT2D eigenvalue weighted by Crippen LogP contribution is -2.60. The summed E-state index contributed by atoms with van der Waals surface area (Å²) >= 11 is 0. The van der Waals surface area contributed by atoms with Crippen LogP contribution in [0.5, 0.6) is 0 Å². The minimum atomic E-state index is 0.327. The van der Waals surface area contributed by atoms with E-state index < -0.39 is 0 Å². The molecule has 0 aromatic heterocycles. The van der Waals surface area contributed by atoms with E-state index in [1.165, 1.54) is 69.4 Å². The Morgan fingerprint density at radius 1 is 1.00 bits per heavy atom. The van der Waals surface area contributed by atoms with Gasteiger partial charge in [-0.15, -0.1) is 0 Å². The van der Waals surface area contributed by atoms with Crippen molar-refractivity contribution in [1.29, 1.82) is 0 Å². The highest BCUT2D eigenvalue weighted by Gasteiger charge is 2.57. The maximum Gasteiger partial charge on any atom is 0.0130 e. The van der Waals surface area contributed by atoms with Gasteiger partial charge < -0.3 is 4.90 Å². The molecule has 2 heterocycles. The first-order valence-electron chi connectivity index (χ1n) is 12.2. The van der Waals surface area contributed by atoms with Gasteiger partial charge in [-0.25, -0.2) is 0 Å². The number of likely N-dealkylation sites (tertiary alicyclic amines) is 2. The number of piperidine rings is 1. The zero-order chi connectivity index (χ0) is 21.2. The normalized spacial score (nSPS) is 36.1. The van der Waals surface area contributed by atoms with Gasteiger partial charge in [0.2, 0.25) is 0 Å². The van der Waals surface area contributed by atoms with Crippen molar-refractivity contribution >= 4 is 0 Å². The summed E-state index contributed by atoms with van der Waals surface area (Å²) in [6, 6.07) is 0.664. The maximum atomic E-state index is 2.85. The highest BCUT2D eigenvalue weighted by Crippen LogP contribution is 2.60. The third-order valence-electron chi connectivity index (χ3n) is 8.94. The third kappa shape index (κ3) is 4.59. The Morgan fingerprint density at radius 3 is 2.31 bits per heavy atom. The zero-order valence-corrected chi connectivity index (χ0v) is 20.4. The average molecular weight is 399 g/mol. The van der Waals surface area contributed by atoms with E-state index in [0.717, 1.165) is 12.3 Å². The summed E-state index contributed by atoms with van der Waals surface area (Å²) in [5.74, 6) is 0.983. The number of hydrogen-bond donors (Lipinski definition) is 0. The van der Waals surface area contributed by atoms with E-state index in [4.69, 9.17) is 0 Å². The lowest BCUT2D eigenvalue weighted by Gasteiger charge is -2.60. The van der Waals surface area contributed by atoms with Gasteiger partial charge in [-0.05, 0) is 104 Å². The second-order valence-corrected chi connectivity index (χ2v) is 10.7. The Bertz CT molecular complexity index is 668. The highest BCUT2D eigenvalue weighted by atomic mass is 15.2. The minimum Gasteiger partial charge on any atom is -0.306 e. The molecule has 3 fully saturated rings. The predicted octanol–water partition coefficient (Wildman–Crippen LogP) is 6.46. The van der Waals surface area contributed by atoms with Crippen molar-refractivity contribution in [2.45, 2.75) is 86.1 Å². The molecule has 2 heteroatoms. The summed E-state index contributed by atoms with van der Waals surface area (Å²) in [6.45, 7) is 19.5. The molecule has 1 aliphatic carbocycles. The van der Waals surface area contributed by atoms with Crippen molar-refractivity contribution in [3.05, 3.63) is 34.9 Å². The molecule has 29 heavy (non-hydrogen) atoms. The molecule has 3 aliphatic rings. The van der Waals surface area contributed by atoms with Crippen LogP contribution in [-0.2, 0) is 0 Å². The lowest BCUT2D eigenvalue weighted by molar-refractivity contribution is -0.0687. The monoisotopic (exact) mass is 398 g/mol. The molecule has 2 saturated heterocycles. The number of fused-ring (bicyclic) bond motifs is 1. The maximum absolute atomic E-state index is 2.85. The Labute approximate surface area is 181 Å². The van der Waals surface area contributed by atoms with Crippen molar-refractivity contribution in [1.82, 2.24) is 9.80 Å². The van der Waals surface area contributed by atoms with Gasteiger partial charge in [0.05, 0.1) is 0 Å². The van der Waals surface area contributed by atoms with Gasteiger partial charge >= 0.3 is 0 Å². The fourth-order valence-electron chi connectivity index (χ4n) is 6.23. The first kappa shape index (κ1) is 22.8. The molecule has 0 aromatic rings. The quantitative estimate of drug-likeness (QED) is 0.474. The first-order chi connectivity index (χ1) is 13.7. The number of rotatable bonds is 6. The van der Waals surface area contributed by atoms with Crippen molar-refractivity contribution in [3.8, 4) is 0 Å². The predicted molar refractivity (Wildman–Crippen MR) is 127 cm³/mol. The number of hydrogen-bond acceptors (Lipinski definition) is 2. The Morgan fingerprint density at radius 2 is 1.66 bits per heavy atom. The Kier molecular flexibility index (Phi) is 7.16. The van der Waals surface area contributed by atoms with Gasteiger partial charge in [-0.2, -0.15) is 0 Å². The smallest absolute Gasteiger partial charge is 0.0130 e. The van der Waals surface area contributed by atoms with E-state index in [1.807, 2.05) is 0 Å². The number of nitrogens with zero attached hydrogens (tertiary/aromatic N) is 2. The topological polar surface area (TPSA) is 6.48 Å². The van der Waals surface area contributed by atoms with Crippen LogP contribution in [0.25, 0.3) is 0 Å². The van der Waals surface area contributed by atoms with E-state index in [2.05, 4.69) is 76.6 Å². The molecule has 0 radical (unpaired) electrons. The van der Waals surface area contributed by atoms with Crippen molar-refractivity contribution in [3.63, 3.8) is 0 Å². The summed E-state index contributed by atoms with van der Waals surface area (Å²) in [5.41, 5.74) is 5.21. The van der Waals surface area contributed by atoms with Crippen LogP contribution < -0.4 is 0 Å². The van der Waals surface area contributed by atoms with Crippen LogP contribution in [0.1, 0.15) is 80.1 Å². The molecule has 0 bridgehead atoms. The zero-order valence-electron chi connectivity index (χ0n) is 20.4. The lowest BCUT2D eigenvalue weighted by atomic mass is 9.51. The molecule has 3 atom stereocenters. The second-order valence-electron chi connectivity index (χ2n) is 10.7. The number of allylic oxidation sites excluding steroid dienone is 6. The minimum absolute atomic E-state index is 0.327. The van der Waals surface area contributed by atoms with Crippen LogP contribution in [-0.4, -0.2) is 49.1 Å². The van der Waals surface area contributed by atoms with E-state index >= 15 is 0 Å². The first-order valence-corrected chi connectivity index (χ1v) is 12.2. The molecular formula is C27H46N2. The van der Waals surface area contributed by atoms with Crippen LogP contribution >= 0.6 is 0 Å². The molecule has 0 amide bonds. The Hall–Kier alpha value is -0.860. The van der Waals surface area contributed by atoms with Gasteiger partial charge in [-0.1, -0.05) is 48.8 Å². The molecule has 0 spiro atoms. The summed E-state index contributed by atoms with van der Waals surface area (Å²) in [4.78, 5) is 5.43. The van der Waals surface area contributed by atoms with Gasteiger partial charge in [0.1, 0.15) is 0 Å². The molecule has 3 rings (SSSR count). The SMILES string of the molecule is CC/C=C(C)/C=C\C(C)=C(/C)C12CCN(C)CCC1(C)C(C)N(CC1CC1)CC2. The molecule has 0 N–H and O–H groups in total. The molecule has 1 saturated carbocycles. The molecule has 3 unspecified atom stereocenters. The van der Waals surface area contributed by atoms with Crippen molar-refractivity contribution < 1.29 is 0 Å². The van der Waals surface area contributed by atoms with Gasteiger partial charge in [0.15, 0.2) is 0 Å². The summed E-state index contributed by atoms with van der Waals surface area (Å²) in [7, 11) is 2.33. The fourth-order valence-corrected chi connectivity index (χ4v) is 6.23. The molecule has 164 valence electrons. The molecule has 0 aromatic carbocycles. The van der Waals surface area contributed by atoms with E-state index in [9.17, 15) is 0 Å². The van der Waals surface area contributed by atoms with E-state index in [-0.39, 0.29) is 0 Å². The van der Waals surface area contributed by atoms with Gasteiger partial charge in [-0.3, -0.25) is 4.90 Å². The van der Waals surface area contributed by atoms with Gasteiger partial charge in [0, 0.05) is 18.0 Å². The van der Waals surface area contributed by atoms with E-state index in [0.29, 0.717) is 16.9 Å². The summed E-state index contributed by atoms with van der Waals surface area (Å²) in [6.07, 6.45) is 15.0. The van der Waals surface area contributed by atoms with Crippen LogP contribution in [0, 0.1) is 16.7 Å². The largest absolute Gasteiger partial charge is 0.306 e. The van der Waals surface area contributed by atoms with Crippen molar-refractivity contribution in [2.24, 2.45) is 16.7 Å². The average Bonchev–Trinajstić information content (AvgIpc) is 3.52. The van der Waals surface area contributed by atoms with Crippen molar-refractivity contribution in [2.75, 3.05) is 33.2 Å². The summed E-state index contributed by atoms with van der Waals surface area (Å²) in [5, 5.41) is 0. The standard InChI is InChI=1S/C27H46N2/c1-8-9-21(2)10-11-22(3)23(4)27-15-18-28(7)17-14-26(27,6)24(5)29(19-16-27)20-25-12-13-25/h9-11,24-25H,8,12-20H2,1-7H3/b11-10-,21-9+,23-22+. The van der Waals surface area contributed by atoms with Crippen LogP contribution in [0.3, 0.4) is 0 Å². The van der Waals surface area contributed by atoms with Crippen LogP contribution in [0.4, 0.5) is 0 Å². The fraction of sp³-hybridized carbons (Fsp3) is 0.778. The molecule has 2 nitrogen and oxygen atoms in total. The highest BCUT2D eigenvalue weighted by molar-refractivity contribution is 5.34. The van der Waals surface area contributed by atoms with Gasteiger partial charge in [0.25, 0.3) is 0 Å². The van der Waals surface area contributed by atoms with E-state index in [1.54, 1.807) is 5.57 Å². The van der Waals surface area contributed by atoms with Crippen LogP contribution in [0.15, 0.2) is 34.9 Å². The molecule has 2 aliphatic heterocycles. The third-order valence-corrected chi connectivity index (χ3v) is 8.94.